The molecule has 4 N–H and O–H groups in total. The van der Waals surface area contributed by atoms with E-state index >= 15 is 0 Å². The average molecular weight is 427 g/mol. The van der Waals surface area contributed by atoms with Crippen LogP contribution in [0.3, 0.4) is 0 Å². The highest BCUT2D eigenvalue weighted by atomic mass is 16.3. The molecule has 9 nitrogen and oxygen atoms in total. The zero-order valence-corrected chi connectivity index (χ0v) is 17.3. The first kappa shape index (κ1) is 19.7. The van der Waals surface area contributed by atoms with E-state index in [0.29, 0.717) is 23.6 Å². The van der Waals surface area contributed by atoms with Gasteiger partial charge in [-0.15, -0.1) is 0 Å². The maximum Gasteiger partial charge on any atom is 0.261 e. The first-order valence-corrected chi connectivity index (χ1v) is 10.1. The molecule has 0 radical (unpaired) electrons. The molecule has 9 heteroatoms. The lowest BCUT2D eigenvalue weighted by molar-refractivity contribution is 0.281. The molecular weight excluding hydrogens is 406 g/mol. The highest BCUT2D eigenvalue weighted by molar-refractivity contribution is 5.86. The van der Waals surface area contributed by atoms with E-state index in [1.165, 1.54) is 0 Å². The van der Waals surface area contributed by atoms with Crippen molar-refractivity contribution in [2.45, 2.75) is 20.1 Å². The first-order chi connectivity index (χ1) is 15.6. The highest BCUT2D eigenvalue weighted by Gasteiger charge is 2.16. The van der Waals surface area contributed by atoms with Gasteiger partial charge in [0.15, 0.2) is 0 Å². The van der Waals surface area contributed by atoms with Gasteiger partial charge in [0.05, 0.1) is 41.9 Å². The van der Waals surface area contributed by atoms with Gasteiger partial charge in [-0.1, -0.05) is 0 Å². The first-order valence-electron chi connectivity index (χ1n) is 10.1. The number of nitrogens with zero attached hydrogens (tertiary/aromatic N) is 4. The van der Waals surface area contributed by atoms with Crippen LogP contribution >= 0.6 is 0 Å². The van der Waals surface area contributed by atoms with Gasteiger partial charge in [-0.25, -0.2) is 9.97 Å². The van der Waals surface area contributed by atoms with E-state index in [1.807, 2.05) is 35.9 Å². The molecule has 0 aliphatic carbocycles. The number of aliphatic hydroxyl groups is 1. The minimum Gasteiger partial charge on any atom is -0.392 e. The number of imidazole rings is 2. The number of rotatable bonds is 6. The normalized spacial score (nSPS) is 11.2. The fourth-order valence-electron chi connectivity index (χ4n) is 3.72. The third-order valence-corrected chi connectivity index (χ3v) is 5.29. The molecule has 5 aromatic rings. The molecule has 5 rings (SSSR count). The molecule has 160 valence electrons. The van der Waals surface area contributed by atoms with E-state index in [9.17, 15) is 9.90 Å². The topological polar surface area (TPSA) is 125 Å². The lowest BCUT2D eigenvalue weighted by Crippen LogP contribution is -2.13. The summed E-state index contributed by atoms with van der Waals surface area (Å²) in [5.74, 6) is 0.479. The molecule has 32 heavy (non-hydrogen) atoms. The van der Waals surface area contributed by atoms with Gasteiger partial charge in [-0.05, 0) is 48.4 Å². The number of nitrogens with one attached hydrogen (secondary N) is 3. The summed E-state index contributed by atoms with van der Waals surface area (Å²) in [6.45, 7) is 2.33. The molecular formula is C23H21N7O2. The Labute approximate surface area is 182 Å². The van der Waals surface area contributed by atoms with Gasteiger partial charge in [-0.3, -0.25) is 9.78 Å². The summed E-state index contributed by atoms with van der Waals surface area (Å²) in [6.07, 6.45) is 8.59. The number of aryl methyl sites for hydroxylation is 1. The van der Waals surface area contributed by atoms with Crippen molar-refractivity contribution in [3.63, 3.8) is 0 Å². The van der Waals surface area contributed by atoms with E-state index in [1.54, 1.807) is 37.1 Å². The van der Waals surface area contributed by atoms with Crippen LogP contribution in [0.1, 0.15) is 16.8 Å². The second-order valence-electron chi connectivity index (χ2n) is 7.48. The van der Waals surface area contributed by atoms with Gasteiger partial charge < -0.3 is 25.0 Å². The fourth-order valence-corrected chi connectivity index (χ4v) is 3.72. The molecule has 4 heterocycles. The van der Waals surface area contributed by atoms with Gasteiger partial charge in [-0.2, -0.15) is 0 Å². The molecule has 0 spiro atoms. The summed E-state index contributed by atoms with van der Waals surface area (Å²) in [7, 11) is 0. The molecule has 0 fully saturated rings. The van der Waals surface area contributed by atoms with Crippen molar-refractivity contribution in [3.05, 3.63) is 88.6 Å². The van der Waals surface area contributed by atoms with E-state index in [2.05, 4.69) is 25.3 Å². The van der Waals surface area contributed by atoms with Crippen LogP contribution in [0.15, 0.2) is 66.2 Å². The van der Waals surface area contributed by atoms with Crippen molar-refractivity contribution in [1.82, 2.24) is 29.5 Å². The van der Waals surface area contributed by atoms with Crippen molar-refractivity contribution in [3.8, 4) is 17.1 Å². The van der Waals surface area contributed by atoms with Gasteiger partial charge in [0, 0.05) is 30.5 Å². The Morgan fingerprint density at radius 2 is 2.09 bits per heavy atom. The molecule has 0 amide bonds. The van der Waals surface area contributed by atoms with E-state index in [-0.39, 0.29) is 12.2 Å². The van der Waals surface area contributed by atoms with E-state index < -0.39 is 0 Å². The second-order valence-corrected chi connectivity index (χ2v) is 7.48. The monoisotopic (exact) mass is 427 g/mol. The molecule has 0 saturated carbocycles. The number of aromatic nitrogens is 6. The largest absolute Gasteiger partial charge is 0.392 e. The number of benzene rings is 1. The molecule has 0 aliphatic rings. The number of fused-ring (bicyclic) bond motifs is 1. The van der Waals surface area contributed by atoms with Crippen LogP contribution in [-0.2, 0) is 13.2 Å². The summed E-state index contributed by atoms with van der Waals surface area (Å²) >= 11 is 0. The maximum atomic E-state index is 12.8. The van der Waals surface area contributed by atoms with Crippen molar-refractivity contribution in [1.29, 1.82) is 0 Å². The zero-order chi connectivity index (χ0) is 22.1. The SMILES string of the molecule is Cc1cc(-n2ccnc2)cc2[nH]c(-c3c(NCc4cc(CO)ccn4)cc[nH]c3=O)nc12. The van der Waals surface area contributed by atoms with Crippen LogP contribution in [0.25, 0.3) is 28.1 Å². The number of aliphatic hydroxyl groups excluding tert-OH is 1. The van der Waals surface area contributed by atoms with Crippen LogP contribution in [0.4, 0.5) is 5.69 Å². The summed E-state index contributed by atoms with van der Waals surface area (Å²) in [5, 5.41) is 12.6. The number of hydrogen-bond donors (Lipinski definition) is 4. The third-order valence-electron chi connectivity index (χ3n) is 5.29. The van der Waals surface area contributed by atoms with Crippen molar-refractivity contribution in [2.75, 3.05) is 5.32 Å². The minimum absolute atomic E-state index is 0.0504. The Bertz CT molecular complexity index is 1450. The summed E-state index contributed by atoms with van der Waals surface area (Å²) in [6, 6.07) is 9.39. The Balaban J connectivity index is 1.53. The quantitative estimate of drug-likeness (QED) is 0.330. The Hall–Kier alpha value is -4.24. The van der Waals surface area contributed by atoms with Crippen LogP contribution in [-0.4, -0.2) is 34.6 Å². The molecule has 1 aromatic carbocycles. The number of pyridine rings is 2. The molecule has 0 aliphatic heterocycles. The van der Waals surface area contributed by atoms with Gasteiger partial charge >= 0.3 is 0 Å². The van der Waals surface area contributed by atoms with Crippen molar-refractivity contribution >= 4 is 16.7 Å². The van der Waals surface area contributed by atoms with Gasteiger partial charge in [0.2, 0.25) is 0 Å². The summed E-state index contributed by atoms with van der Waals surface area (Å²) in [4.78, 5) is 31.9. The van der Waals surface area contributed by atoms with Gasteiger partial charge in [0.25, 0.3) is 5.56 Å². The predicted molar refractivity (Wildman–Crippen MR) is 121 cm³/mol. The third kappa shape index (κ3) is 3.65. The van der Waals surface area contributed by atoms with Crippen LogP contribution in [0.5, 0.6) is 0 Å². The fraction of sp³-hybridized carbons (Fsp3) is 0.130. The highest BCUT2D eigenvalue weighted by Crippen LogP contribution is 2.27. The van der Waals surface area contributed by atoms with E-state index in [4.69, 9.17) is 4.98 Å². The Kier molecular flexibility index (Phi) is 5.00. The van der Waals surface area contributed by atoms with Crippen LogP contribution < -0.4 is 10.9 Å². The van der Waals surface area contributed by atoms with Gasteiger partial charge in [0.1, 0.15) is 11.4 Å². The van der Waals surface area contributed by atoms with Crippen LogP contribution in [0.2, 0.25) is 0 Å². The minimum atomic E-state index is -0.251. The number of hydrogen-bond acceptors (Lipinski definition) is 6. The number of anilines is 1. The number of H-pyrrole nitrogens is 2. The second kappa shape index (κ2) is 8.12. The molecule has 0 unspecified atom stereocenters. The predicted octanol–water partition coefficient (Wildman–Crippen LogP) is 2.91. The lowest BCUT2D eigenvalue weighted by Gasteiger charge is -2.10. The molecule has 0 atom stereocenters. The van der Waals surface area contributed by atoms with E-state index in [0.717, 1.165) is 33.5 Å². The standard InChI is InChI=1S/C23H21N7O2/c1-14-8-17(30-7-6-24-13-30)10-19-21(14)29-22(28-19)20-18(3-5-26-23(20)32)27-11-16-9-15(12-31)2-4-25-16/h2-10,13,31H,11-12H2,1H3,(H,28,29)(H2,26,27,32). The molecule has 0 saturated heterocycles. The average Bonchev–Trinajstić information content (AvgIpc) is 3.48. The van der Waals surface area contributed by atoms with Crippen LogP contribution in [0, 0.1) is 6.92 Å². The molecule has 4 aromatic heterocycles. The maximum absolute atomic E-state index is 12.8. The Morgan fingerprint density at radius 3 is 2.91 bits per heavy atom. The van der Waals surface area contributed by atoms with Crippen molar-refractivity contribution in [2.24, 2.45) is 0 Å². The lowest BCUT2D eigenvalue weighted by atomic mass is 10.2. The summed E-state index contributed by atoms with van der Waals surface area (Å²) < 4.78 is 1.92. The smallest absolute Gasteiger partial charge is 0.261 e. The number of aromatic amines is 2. The zero-order valence-electron chi connectivity index (χ0n) is 17.3. The summed E-state index contributed by atoms with van der Waals surface area (Å²) in [5.41, 5.74) is 5.92. The Morgan fingerprint density at radius 1 is 1.19 bits per heavy atom. The van der Waals surface area contributed by atoms with Crippen molar-refractivity contribution < 1.29 is 5.11 Å². The molecule has 0 bridgehead atoms.